The Balaban J connectivity index is 1.72. The van der Waals surface area contributed by atoms with Gasteiger partial charge in [-0.05, 0) is 6.42 Å². The van der Waals surface area contributed by atoms with Gasteiger partial charge < -0.3 is 19.5 Å². The molecule has 1 fully saturated rings. The van der Waals surface area contributed by atoms with Crippen LogP contribution in [0.5, 0.6) is 0 Å². The zero-order valence-corrected chi connectivity index (χ0v) is 23.2. The number of nitrogens with zero attached hydrogens (tertiary/aromatic N) is 1. The highest BCUT2D eigenvalue weighted by atomic mass is 19.4. The summed E-state index contributed by atoms with van der Waals surface area (Å²) in [5.41, 5.74) is -4.15. The summed E-state index contributed by atoms with van der Waals surface area (Å²) in [4.78, 5) is 37.6. The number of hydrogen-bond donors (Lipinski definition) is 2. The van der Waals surface area contributed by atoms with Gasteiger partial charge in [0.1, 0.15) is 31.1 Å². The summed E-state index contributed by atoms with van der Waals surface area (Å²) in [7, 11) is 0. The number of aromatic amines is 1. The number of hydrogen-bond acceptors (Lipinski definition) is 6. The van der Waals surface area contributed by atoms with E-state index in [1.807, 2.05) is 0 Å². The number of carbonyl (C=O) groups is 1. The second-order valence-corrected chi connectivity index (χ2v) is 10.0. The summed E-state index contributed by atoms with van der Waals surface area (Å²) in [5.74, 6) is 2.29. The summed E-state index contributed by atoms with van der Waals surface area (Å²) in [6, 6.07) is 0. The monoisotopic (exact) mass is 573 g/mol. The summed E-state index contributed by atoms with van der Waals surface area (Å²) in [6.07, 6.45) is 11.7. The number of amides is 1. The third-order valence-corrected chi connectivity index (χ3v) is 6.82. The number of halogens is 3. The maximum Gasteiger partial charge on any atom is 0.423 e. The van der Waals surface area contributed by atoms with Crippen molar-refractivity contribution in [2.75, 3.05) is 19.8 Å². The molecule has 0 aliphatic carbocycles. The van der Waals surface area contributed by atoms with E-state index in [0.717, 1.165) is 19.3 Å². The Labute approximate surface area is 233 Å². The van der Waals surface area contributed by atoms with E-state index in [1.54, 1.807) is 4.98 Å². The average Bonchev–Trinajstić information content (AvgIpc) is 3.30. The molecule has 0 unspecified atom stereocenters. The molecular formula is C28H42F3N3O6. The number of nitrogens with one attached hydrogen (secondary N) is 2. The summed E-state index contributed by atoms with van der Waals surface area (Å²) < 4.78 is 56.6. The Morgan fingerprint density at radius 3 is 2.27 bits per heavy atom. The van der Waals surface area contributed by atoms with Crippen LogP contribution in [0.4, 0.5) is 18.0 Å². The molecule has 3 atom stereocenters. The fraction of sp³-hybridized carbons (Fsp3) is 0.750. The van der Waals surface area contributed by atoms with Crippen LogP contribution in [0.3, 0.4) is 0 Å². The molecule has 1 aromatic heterocycles. The Hall–Kier alpha value is -2.78. The van der Waals surface area contributed by atoms with E-state index in [9.17, 15) is 27.6 Å². The van der Waals surface area contributed by atoms with Gasteiger partial charge in [0.2, 0.25) is 0 Å². The molecule has 12 heteroatoms. The SMILES string of the molecule is C#CCO[C@H]1C[C@H](n2cc(C(F)(F)F)c(=O)[nH]c2=O)O[C@@H]1COC(=O)NCCCCCCCCCCCCCC. The summed E-state index contributed by atoms with van der Waals surface area (Å²) in [5, 5.41) is 2.67. The molecule has 1 amide bonds. The van der Waals surface area contributed by atoms with Crippen molar-refractivity contribution >= 4 is 6.09 Å². The van der Waals surface area contributed by atoms with Gasteiger partial charge in [0.15, 0.2) is 0 Å². The van der Waals surface area contributed by atoms with Crippen LogP contribution in [-0.2, 0) is 20.4 Å². The van der Waals surface area contributed by atoms with Crippen molar-refractivity contribution in [2.24, 2.45) is 0 Å². The van der Waals surface area contributed by atoms with Crippen LogP contribution < -0.4 is 16.6 Å². The van der Waals surface area contributed by atoms with Gasteiger partial charge in [-0.2, -0.15) is 13.2 Å². The molecule has 0 saturated carbocycles. The second-order valence-electron chi connectivity index (χ2n) is 10.0. The number of unbranched alkanes of at least 4 members (excludes halogenated alkanes) is 11. The first-order chi connectivity index (χ1) is 19.2. The molecule has 2 heterocycles. The molecular weight excluding hydrogens is 531 g/mol. The van der Waals surface area contributed by atoms with Crippen molar-refractivity contribution in [2.45, 2.75) is 115 Å². The van der Waals surface area contributed by atoms with Gasteiger partial charge in [-0.3, -0.25) is 14.3 Å². The minimum absolute atomic E-state index is 0.0422. The lowest BCUT2D eigenvalue weighted by Crippen LogP contribution is -2.36. The molecule has 0 radical (unpaired) electrons. The first kappa shape index (κ1) is 33.4. The van der Waals surface area contributed by atoms with E-state index in [4.69, 9.17) is 20.6 Å². The predicted molar refractivity (Wildman–Crippen MR) is 144 cm³/mol. The zero-order chi connectivity index (χ0) is 29.4. The van der Waals surface area contributed by atoms with Crippen LogP contribution in [0.25, 0.3) is 0 Å². The van der Waals surface area contributed by atoms with Crippen LogP contribution in [0.15, 0.2) is 15.8 Å². The average molecular weight is 574 g/mol. The van der Waals surface area contributed by atoms with E-state index < -0.39 is 47.5 Å². The van der Waals surface area contributed by atoms with Crippen LogP contribution in [0, 0.1) is 12.3 Å². The van der Waals surface area contributed by atoms with Gasteiger partial charge in [-0.1, -0.05) is 83.5 Å². The molecule has 0 bridgehead atoms. The lowest BCUT2D eigenvalue weighted by Gasteiger charge is -2.18. The Kier molecular flexibility index (Phi) is 14.9. The molecule has 2 rings (SSSR count). The largest absolute Gasteiger partial charge is 0.447 e. The number of carbonyl (C=O) groups excluding carboxylic acids is 1. The molecule has 226 valence electrons. The lowest BCUT2D eigenvalue weighted by atomic mass is 10.1. The van der Waals surface area contributed by atoms with Crippen molar-refractivity contribution < 1.29 is 32.2 Å². The van der Waals surface area contributed by atoms with E-state index in [1.165, 1.54) is 57.8 Å². The number of rotatable bonds is 18. The van der Waals surface area contributed by atoms with Gasteiger partial charge in [0.05, 0.1) is 6.10 Å². The number of terminal acetylenes is 1. The number of aromatic nitrogens is 2. The molecule has 9 nitrogen and oxygen atoms in total. The lowest BCUT2D eigenvalue weighted by molar-refractivity contribution is -0.139. The third-order valence-electron chi connectivity index (χ3n) is 6.82. The fourth-order valence-corrected chi connectivity index (χ4v) is 4.62. The van der Waals surface area contributed by atoms with Crippen molar-refractivity contribution in [1.29, 1.82) is 0 Å². The van der Waals surface area contributed by atoms with E-state index in [-0.39, 0.29) is 19.6 Å². The highest BCUT2D eigenvalue weighted by Gasteiger charge is 2.40. The first-order valence-electron chi connectivity index (χ1n) is 14.2. The van der Waals surface area contributed by atoms with Crippen molar-refractivity contribution in [3.63, 3.8) is 0 Å². The number of alkyl carbamates (subject to hydrolysis) is 1. The molecule has 40 heavy (non-hydrogen) atoms. The molecule has 2 N–H and O–H groups in total. The zero-order valence-electron chi connectivity index (χ0n) is 23.2. The standard InChI is InChI=1S/C28H42F3N3O6/c1-3-5-6-7-8-9-10-11-12-13-14-15-16-32-27(37)39-20-23-22(38-17-4-2)18-24(40-23)34-19-21(28(29,30)31)25(35)33-26(34)36/h2,19,22-24H,3,5-18,20H2,1H3,(H,32,37)(H,33,35,36)/t22-,23+,24+/m0/s1. The first-order valence-corrected chi connectivity index (χ1v) is 14.2. The normalized spacial score (nSPS) is 18.9. The quantitative estimate of drug-likeness (QED) is 0.182. The van der Waals surface area contributed by atoms with E-state index in [0.29, 0.717) is 17.3 Å². The van der Waals surface area contributed by atoms with Crippen LogP contribution in [0.1, 0.15) is 102 Å². The Morgan fingerprint density at radius 1 is 1.10 bits per heavy atom. The van der Waals surface area contributed by atoms with Crippen molar-refractivity contribution in [3.8, 4) is 12.3 Å². The van der Waals surface area contributed by atoms with Gasteiger partial charge in [0.25, 0.3) is 5.56 Å². The number of H-pyrrole nitrogens is 1. The van der Waals surface area contributed by atoms with Crippen LogP contribution in [0.2, 0.25) is 0 Å². The second kappa shape index (κ2) is 17.8. The Bertz CT molecular complexity index is 1050. The highest BCUT2D eigenvalue weighted by molar-refractivity contribution is 5.67. The molecule has 1 aliphatic rings. The maximum absolute atomic E-state index is 13.2. The van der Waals surface area contributed by atoms with Crippen molar-refractivity contribution in [1.82, 2.24) is 14.9 Å². The van der Waals surface area contributed by atoms with Crippen LogP contribution in [-0.4, -0.2) is 47.6 Å². The number of alkyl halides is 3. The van der Waals surface area contributed by atoms with Gasteiger partial charge in [0, 0.05) is 19.2 Å². The van der Waals surface area contributed by atoms with Gasteiger partial charge in [-0.25, -0.2) is 9.59 Å². The predicted octanol–water partition coefficient (Wildman–Crippen LogP) is 5.29. The van der Waals surface area contributed by atoms with Gasteiger partial charge in [-0.15, -0.1) is 6.42 Å². The third kappa shape index (κ3) is 11.8. The van der Waals surface area contributed by atoms with Crippen LogP contribution >= 0.6 is 0 Å². The summed E-state index contributed by atoms with van der Waals surface area (Å²) >= 11 is 0. The molecule has 0 spiro atoms. The maximum atomic E-state index is 13.2. The molecule has 1 aliphatic heterocycles. The van der Waals surface area contributed by atoms with Crippen molar-refractivity contribution in [3.05, 3.63) is 32.6 Å². The minimum atomic E-state index is -4.96. The van der Waals surface area contributed by atoms with E-state index in [2.05, 4.69) is 18.2 Å². The van der Waals surface area contributed by atoms with Gasteiger partial charge >= 0.3 is 18.0 Å². The van der Waals surface area contributed by atoms with E-state index >= 15 is 0 Å². The summed E-state index contributed by atoms with van der Waals surface area (Å²) in [6.45, 7) is 2.30. The smallest absolute Gasteiger partial charge is 0.423 e. The topological polar surface area (TPSA) is 112 Å². The minimum Gasteiger partial charge on any atom is -0.447 e. The molecule has 1 saturated heterocycles. The number of ether oxygens (including phenoxy) is 3. The highest BCUT2D eigenvalue weighted by Crippen LogP contribution is 2.32. The fourth-order valence-electron chi connectivity index (χ4n) is 4.62. The Morgan fingerprint density at radius 2 is 1.70 bits per heavy atom. The molecule has 1 aromatic rings. The molecule has 0 aromatic carbocycles.